The minimum Gasteiger partial charge on any atom is -0.490 e. The number of nitro groups is 1. The van der Waals surface area contributed by atoms with Gasteiger partial charge in [0.1, 0.15) is 7.11 Å². The highest BCUT2D eigenvalue weighted by Gasteiger charge is 2.22. The number of benzene rings is 1. The minimum absolute atomic E-state index is 0.157. The first kappa shape index (κ1) is 10.2. The Morgan fingerprint density at radius 2 is 2.19 bits per heavy atom. The molecule has 0 N–H and O–H groups in total. The highest BCUT2D eigenvalue weighted by molar-refractivity contribution is 5.89. The Bertz CT molecular complexity index is 549. The van der Waals surface area contributed by atoms with E-state index in [1.807, 2.05) is 0 Å². The van der Waals surface area contributed by atoms with Crippen molar-refractivity contribution < 1.29 is 14.5 Å². The number of hydrogen-bond acceptors (Lipinski definition) is 5. The predicted octanol–water partition coefficient (Wildman–Crippen LogP) is 1.01. The molecule has 2 aromatic rings. The zero-order valence-electron chi connectivity index (χ0n) is 8.71. The number of aromatic nitrogens is 2. The zero-order valence-corrected chi connectivity index (χ0v) is 8.71. The molecule has 0 fully saturated rings. The van der Waals surface area contributed by atoms with E-state index >= 15 is 0 Å². The van der Waals surface area contributed by atoms with Gasteiger partial charge in [0, 0.05) is 5.39 Å². The molecule has 1 aromatic carbocycles. The average Bonchev–Trinajstić information content (AvgIpc) is 2.69. The van der Waals surface area contributed by atoms with Gasteiger partial charge in [-0.3, -0.25) is 10.1 Å². The predicted molar refractivity (Wildman–Crippen MR) is 55.4 cm³/mol. The highest BCUT2D eigenvalue weighted by atomic mass is 16.7. The third kappa shape index (κ3) is 1.42. The lowest BCUT2D eigenvalue weighted by atomic mass is 10.2. The van der Waals surface area contributed by atoms with Crippen LogP contribution in [0.3, 0.4) is 0 Å². The number of rotatable bonds is 3. The van der Waals surface area contributed by atoms with Gasteiger partial charge in [0.2, 0.25) is 0 Å². The van der Waals surface area contributed by atoms with Crippen LogP contribution in [0.5, 0.6) is 5.75 Å². The maximum atomic E-state index is 10.9. The Morgan fingerprint density at radius 1 is 1.44 bits per heavy atom. The smallest absolute Gasteiger partial charge is 0.338 e. The van der Waals surface area contributed by atoms with Crippen molar-refractivity contribution in [3.05, 3.63) is 28.4 Å². The van der Waals surface area contributed by atoms with E-state index in [1.165, 1.54) is 20.3 Å². The first-order chi connectivity index (χ1) is 7.67. The van der Waals surface area contributed by atoms with Crippen LogP contribution in [0, 0.1) is 10.1 Å². The van der Waals surface area contributed by atoms with Crippen molar-refractivity contribution in [3.8, 4) is 5.75 Å². The number of nitro benzene ring substituents is 1. The third-order valence-corrected chi connectivity index (χ3v) is 2.18. The molecular formula is C9H9N3O4. The summed E-state index contributed by atoms with van der Waals surface area (Å²) in [4.78, 5) is 16.4. The Hall–Kier alpha value is -2.31. The standard InChI is InChI=1S/C9H9N3O4/c1-15-7-4-3-6-5-11(16-2)10-8(6)9(7)12(13)14/h3-5H,1-2H3. The Balaban J connectivity index is 2.77. The fourth-order valence-corrected chi connectivity index (χ4v) is 1.47. The van der Waals surface area contributed by atoms with Crippen LogP contribution in [0.25, 0.3) is 10.9 Å². The molecule has 1 heterocycles. The minimum atomic E-state index is -0.520. The van der Waals surface area contributed by atoms with E-state index in [1.54, 1.807) is 12.3 Å². The topological polar surface area (TPSA) is 79.4 Å². The van der Waals surface area contributed by atoms with Gasteiger partial charge in [0.15, 0.2) is 11.3 Å². The van der Waals surface area contributed by atoms with Crippen LogP contribution < -0.4 is 9.57 Å². The molecule has 0 aliphatic carbocycles. The van der Waals surface area contributed by atoms with E-state index in [9.17, 15) is 10.1 Å². The lowest BCUT2D eigenvalue weighted by Crippen LogP contribution is -2.05. The molecular weight excluding hydrogens is 214 g/mol. The molecule has 84 valence electrons. The molecule has 0 aliphatic heterocycles. The summed E-state index contributed by atoms with van der Waals surface area (Å²) in [5, 5.41) is 15.5. The number of methoxy groups -OCH3 is 1. The average molecular weight is 223 g/mol. The maximum Gasteiger partial charge on any atom is 0.338 e. The monoisotopic (exact) mass is 223 g/mol. The summed E-state index contributed by atoms with van der Waals surface area (Å²) in [6, 6.07) is 3.21. The van der Waals surface area contributed by atoms with Crippen LogP contribution in [-0.4, -0.2) is 29.1 Å². The van der Waals surface area contributed by atoms with Gasteiger partial charge in [0.05, 0.1) is 18.2 Å². The second-order valence-corrected chi connectivity index (χ2v) is 3.03. The van der Waals surface area contributed by atoms with Gasteiger partial charge in [-0.15, -0.1) is 9.94 Å². The van der Waals surface area contributed by atoms with Gasteiger partial charge in [-0.05, 0) is 12.1 Å². The summed E-state index contributed by atoms with van der Waals surface area (Å²) in [5.74, 6) is 0.179. The number of fused-ring (bicyclic) bond motifs is 1. The molecule has 7 nitrogen and oxygen atoms in total. The van der Waals surface area contributed by atoms with Crippen LogP contribution in [0.1, 0.15) is 0 Å². The Morgan fingerprint density at radius 3 is 2.75 bits per heavy atom. The van der Waals surface area contributed by atoms with Crippen molar-refractivity contribution in [1.29, 1.82) is 0 Å². The highest BCUT2D eigenvalue weighted by Crippen LogP contribution is 2.33. The summed E-state index contributed by atoms with van der Waals surface area (Å²) in [6.45, 7) is 0. The summed E-state index contributed by atoms with van der Waals surface area (Å²) in [5.41, 5.74) is 0.0852. The van der Waals surface area contributed by atoms with Crippen molar-refractivity contribution in [2.75, 3.05) is 14.2 Å². The molecule has 2 rings (SSSR count). The van der Waals surface area contributed by atoms with Crippen molar-refractivity contribution in [3.63, 3.8) is 0 Å². The Kier molecular flexibility index (Phi) is 2.35. The van der Waals surface area contributed by atoms with Gasteiger partial charge >= 0.3 is 5.69 Å². The lowest BCUT2D eigenvalue weighted by molar-refractivity contribution is -0.384. The van der Waals surface area contributed by atoms with E-state index in [0.29, 0.717) is 5.39 Å². The molecule has 0 saturated carbocycles. The lowest BCUT2D eigenvalue weighted by Gasteiger charge is -2.00. The van der Waals surface area contributed by atoms with Gasteiger partial charge in [-0.25, -0.2) is 0 Å². The molecule has 1 aromatic heterocycles. The van der Waals surface area contributed by atoms with Crippen LogP contribution in [0.15, 0.2) is 18.3 Å². The van der Waals surface area contributed by atoms with Crippen molar-refractivity contribution in [1.82, 2.24) is 9.94 Å². The Labute approximate surface area is 90.3 Å². The first-order valence-corrected chi connectivity index (χ1v) is 4.42. The SMILES string of the molecule is COc1ccc2cn(OC)nc2c1[N+](=O)[O-]. The second-order valence-electron chi connectivity index (χ2n) is 3.03. The van der Waals surface area contributed by atoms with E-state index < -0.39 is 4.92 Å². The summed E-state index contributed by atoms with van der Waals surface area (Å²) >= 11 is 0. The molecule has 16 heavy (non-hydrogen) atoms. The van der Waals surface area contributed by atoms with Crippen LogP contribution in [0.4, 0.5) is 5.69 Å². The van der Waals surface area contributed by atoms with E-state index in [-0.39, 0.29) is 17.0 Å². The van der Waals surface area contributed by atoms with E-state index in [2.05, 4.69) is 5.10 Å². The fraction of sp³-hybridized carbons (Fsp3) is 0.222. The third-order valence-electron chi connectivity index (χ3n) is 2.18. The second kappa shape index (κ2) is 3.69. The quantitative estimate of drug-likeness (QED) is 0.573. The van der Waals surface area contributed by atoms with Crippen molar-refractivity contribution in [2.24, 2.45) is 0 Å². The molecule has 0 amide bonds. The van der Waals surface area contributed by atoms with Crippen LogP contribution >= 0.6 is 0 Å². The van der Waals surface area contributed by atoms with Gasteiger partial charge in [-0.1, -0.05) is 0 Å². The van der Waals surface area contributed by atoms with Crippen molar-refractivity contribution >= 4 is 16.6 Å². The van der Waals surface area contributed by atoms with Gasteiger partial charge in [0.25, 0.3) is 0 Å². The number of nitrogens with zero attached hydrogens (tertiary/aromatic N) is 3. The van der Waals surface area contributed by atoms with E-state index in [4.69, 9.17) is 9.57 Å². The molecule has 0 radical (unpaired) electrons. The summed E-state index contributed by atoms with van der Waals surface area (Å²) in [6.07, 6.45) is 1.56. The maximum absolute atomic E-state index is 10.9. The molecule has 0 atom stereocenters. The largest absolute Gasteiger partial charge is 0.490 e. The first-order valence-electron chi connectivity index (χ1n) is 4.42. The summed E-state index contributed by atoms with van der Waals surface area (Å²) in [7, 11) is 2.80. The molecule has 0 unspecified atom stereocenters. The van der Waals surface area contributed by atoms with E-state index in [0.717, 1.165) is 4.85 Å². The van der Waals surface area contributed by atoms with Gasteiger partial charge < -0.3 is 9.57 Å². The molecule has 0 bridgehead atoms. The summed E-state index contributed by atoms with van der Waals surface area (Å²) < 4.78 is 4.93. The van der Waals surface area contributed by atoms with Crippen LogP contribution in [0.2, 0.25) is 0 Å². The zero-order chi connectivity index (χ0) is 11.7. The molecule has 0 saturated heterocycles. The molecule has 7 heteroatoms. The molecule has 0 aliphatic rings. The normalized spacial score (nSPS) is 10.4. The van der Waals surface area contributed by atoms with Crippen molar-refractivity contribution in [2.45, 2.75) is 0 Å². The van der Waals surface area contributed by atoms with Crippen LogP contribution in [-0.2, 0) is 0 Å². The van der Waals surface area contributed by atoms with Gasteiger partial charge in [-0.2, -0.15) is 0 Å². The molecule has 0 spiro atoms. The number of hydrogen-bond donors (Lipinski definition) is 0. The fourth-order valence-electron chi connectivity index (χ4n) is 1.47. The number of ether oxygens (including phenoxy) is 1.